The molecule has 2 rings (SSSR count). The van der Waals surface area contributed by atoms with Crippen LogP contribution in [0.5, 0.6) is 0 Å². The molecule has 1 heterocycles. The second-order valence-electron chi connectivity index (χ2n) is 5.15. The van der Waals surface area contributed by atoms with Crippen molar-refractivity contribution in [3.05, 3.63) is 34.9 Å². The lowest BCUT2D eigenvalue weighted by Gasteiger charge is -2.38. The van der Waals surface area contributed by atoms with E-state index in [2.05, 4.69) is 11.0 Å². The van der Waals surface area contributed by atoms with Gasteiger partial charge >= 0.3 is 0 Å². The molecule has 0 aromatic heterocycles. The Morgan fingerprint density at radius 3 is 2.89 bits per heavy atom. The minimum absolute atomic E-state index is 0.00812. The Bertz CT molecular complexity index is 397. The van der Waals surface area contributed by atoms with E-state index in [1.807, 2.05) is 25.1 Å². The van der Waals surface area contributed by atoms with Crippen molar-refractivity contribution in [3.63, 3.8) is 0 Å². The fourth-order valence-corrected chi connectivity index (χ4v) is 2.97. The SMILES string of the molecule is CC(N)C(c1cccc(Cl)c1)N1CCCC(O)C1. The van der Waals surface area contributed by atoms with Crippen molar-refractivity contribution < 1.29 is 5.11 Å². The highest BCUT2D eigenvalue weighted by atomic mass is 35.5. The number of hydrogen-bond acceptors (Lipinski definition) is 3. The first-order valence-corrected chi connectivity index (χ1v) is 6.89. The Morgan fingerprint density at radius 2 is 2.28 bits per heavy atom. The van der Waals surface area contributed by atoms with E-state index in [9.17, 15) is 5.11 Å². The summed E-state index contributed by atoms with van der Waals surface area (Å²) in [5.41, 5.74) is 7.26. The number of aliphatic hydroxyl groups excluding tert-OH is 1. The highest BCUT2D eigenvalue weighted by molar-refractivity contribution is 6.30. The summed E-state index contributed by atoms with van der Waals surface area (Å²) >= 11 is 6.05. The van der Waals surface area contributed by atoms with E-state index in [0.29, 0.717) is 6.54 Å². The zero-order valence-corrected chi connectivity index (χ0v) is 11.5. The smallest absolute Gasteiger partial charge is 0.0667 e. The molecule has 3 N–H and O–H groups in total. The van der Waals surface area contributed by atoms with Gasteiger partial charge in [-0.05, 0) is 44.0 Å². The van der Waals surface area contributed by atoms with Crippen molar-refractivity contribution in [2.45, 2.75) is 38.0 Å². The second kappa shape index (κ2) is 6.02. The van der Waals surface area contributed by atoms with Crippen LogP contribution in [-0.2, 0) is 0 Å². The highest BCUT2D eigenvalue weighted by Crippen LogP contribution is 2.28. The summed E-state index contributed by atoms with van der Waals surface area (Å²) in [7, 11) is 0. The molecule has 1 aliphatic rings. The largest absolute Gasteiger partial charge is 0.392 e. The maximum atomic E-state index is 9.80. The number of β-amino-alcohol motifs (C(OH)–C–C–N with tert-alkyl or cyclic N) is 1. The summed E-state index contributed by atoms with van der Waals surface area (Å²) in [4.78, 5) is 2.27. The molecule has 0 saturated carbocycles. The standard InChI is InChI=1S/C14H21ClN2O/c1-10(16)14(11-4-2-5-12(15)8-11)17-7-3-6-13(18)9-17/h2,4-5,8,10,13-14,18H,3,6-7,9,16H2,1H3. The van der Waals surface area contributed by atoms with Gasteiger partial charge in [0, 0.05) is 23.7 Å². The van der Waals surface area contributed by atoms with Gasteiger partial charge in [-0.3, -0.25) is 4.90 Å². The molecule has 1 aromatic rings. The third-order valence-electron chi connectivity index (χ3n) is 3.51. The van der Waals surface area contributed by atoms with Crippen LogP contribution in [-0.4, -0.2) is 35.2 Å². The molecule has 1 aromatic carbocycles. The Kier molecular flexibility index (Phi) is 4.62. The Balaban J connectivity index is 2.22. The van der Waals surface area contributed by atoms with Crippen molar-refractivity contribution in [1.29, 1.82) is 0 Å². The molecule has 0 spiro atoms. The van der Waals surface area contributed by atoms with Gasteiger partial charge in [-0.1, -0.05) is 23.7 Å². The number of hydrogen-bond donors (Lipinski definition) is 2. The molecule has 3 nitrogen and oxygen atoms in total. The number of rotatable bonds is 3. The molecule has 0 radical (unpaired) electrons. The topological polar surface area (TPSA) is 49.5 Å². The minimum Gasteiger partial charge on any atom is -0.392 e. The summed E-state index contributed by atoms with van der Waals surface area (Å²) in [6.07, 6.45) is 1.67. The van der Waals surface area contributed by atoms with Crippen LogP contribution in [0, 0.1) is 0 Å². The van der Waals surface area contributed by atoms with Crippen molar-refractivity contribution in [1.82, 2.24) is 4.90 Å². The fraction of sp³-hybridized carbons (Fsp3) is 0.571. The first kappa shape index (κ1) is 13.8. The van der Waals surface area contributed by atoms with Crippen molar-refractivity contribution in [2.75, 3.05) is 13.1 Å². The highest BCUT2D eigenvalue weighted by Gasteiger charge is 2.28. The average Bonchev–Trinajstić information content (AvgIpc) is 2.28. The lowest BCUT2D eigenvalue weighted by Crippen LogP contribution is -2.46. The predicted octanol–water partition coefficient (Wildman–Crippen LogP) is 2.19. The molecular formula is C14H21ClN2O. The lowest BCUT2D eigenvalue weighted by molar-refractivity contribution is 0.0405. The Labute approximate surface area is 114 Å². The molecule has 0 aliphatic carbocycles. The number of piperidine rings is 1. The summed E-state index contributed by atoms with van der Waals surface area (Å²) in [6, 6.07) is 7.98. The Morgan fingerprint density at radius 1 is 1.50 bits per heavy atom. The second-order valence-corrected chi connectivity index (χ2v) is 5.59. The average molecular weight is 269 g/mol. The van der Waals surface area contributed by atoms with Crippen LogP contribution in [0.1, 0.15) is 31.4 Å². The van der Waals surface area contributed by atoms with Gasteiger partial charge in [0.15, 0.2) is 0 Å². The van der Waals surface area contributed by atoms with Crippen molar-refractivity contribution in [2.24, 2.45) is 5.73 Å². The zero-order chi connectivity index (χ0) is 13.1. The number of benzene rings is 1. The molecule has 0 bridgehead atoms. The Hall–Kier alpha value is -0.610. The van der Waals surface area contributed by atoms with Crippen molar-refractivity contribution >= 4 is 11.6 Å². The van der Waals surface area contributed by atoms with Crippen LogP contribution in [0.4, 0.5) is 0 Å². The predicted molar refractivity (Wildman–Crippen MR) is 74.7 cm³/mol. The van der Waals surface area contributed by atoms with E-state index in [0.717, 1.165) is 30.0 Å². The maximum absolute atomic E-state index is 9.80. The van der Waals surface area contributed by atoms with Crippen LogP contribution >= 0.6 is 11.6 Å². The van der Waals surface area contributed by atoms with E-state index in [4.69, 9.17) is 17.3 Å². The van der Waals surface area contributed by atoms with Crippen LogP contribution in [0.3, 0.4) is 0 Å². The minimum atomic E-state index is -0.237. The van der Waals surface area contributed by atoms with Crippen molar-refractivity contribution in [3.8, 4) is 0 Å². The first-order chi connectivity index (χ1) is 8.58. The summed E-state index contributed by atoms with van der Waals surface area (Å²) in [6.45, 7) is 3.68. The van der Waals surface area contributed by atoms with E-state index < -0.39 is 0 Å². The van der Waals surface area contributed by atoms with Gasteiger partial charge < -0.3 is 10.8 Å². The van der Waals surface area contributed by atoms with Gasteiger partial charge in [0.05, 0.1) is 6.10 Å². The van der Waals surface area contributed by atoms with E-state index in [1.54, 1.807) is 0 Å². The van der Waals surface area contributed by atoms with E-state index >= 15 is 0 Å². The molecule has 18 heavy (non-hydrogen) atoms. The van der Waals surface area contributed by atoms with E-state index in [-0.39, 0.29) is 18.2 Å². The maximum Gasteiger partial charge on any atom is 0.0667 e. The first-order valence-electron chi connectivity index (χ1n) is 6.51. The normalized spacial score (nSPS) is 24.8. The molecule has 1 aliphatic heterocycles. The number of nitrogens with zero attached hydrogens (tertiary/aromatic N) is 1. The van der Waals surface area contributed by atoms with Crippen LogP contribution in [0.25, 0.3) is 0 Å². The fourth-order valence-electron chi connectivity index (χ4n) is 2.77. The summed E-state index contributed by atoms with van der Waals surface area (Å²) in [5.74, 6) is 0. The third-order valence-corrected chi connectivity index (χ3v) is 3.74. The molecule has 100 valence electrons. The number of likely N-dealkylation sites (tertiary alicyclic amines) is 1. The van der Waals surface area contributed by atoms with Gasteiger partial charge in [0.2, 0.25) is 0 Å². The molecule has 1 saturated heterocycles. The quantitative estimate of drug-likeness (QED) is 0.884. The molecule has 1 fully saturated rings. The van der Waals surface area contributed by atoms with Crippen LogP contribution < -0.4 is 5.73 Å². The van der Waals surface area contributed by atoms with Gasteiger partial charge in [-0.15, -0.1) is 0 Å². The monoisotopic (exact) mass is 268 g/mol. The van der Waals surface area contributed by atoms with E-state index in [1.165, 1.54) is 0 Å². The summed E-state index contributed by atoms with van der Waals surface area (Å²) < 4.78 is 0. The third kappa shape index (κ3) is 3.23. The summed E-state index contributed by atoms with van der Waals surface area (Å²) in [5, 5.41) is 10.5. The molecular weight excluding hydrogens is 248 g/mol. The van der Waals surface area contributed by atoms with Gasteiger partial charge in [0.1, 0.15) is 0 Å². The molecule has 3 atom stereocenters. The van der Waals surface area contributed by atoms with Crippen LogP contribution in [0.15, 0.2) is 24.3 Å². The zero-order valence-electron chi connectivity index (χ0n) is 10.7. The number of aliphatic hydroxyl groups is 1. The lowest BCUT2D eigenvalue weighted by atomic mass is 9.96. The number of nitrogens with two attached hydrogens (primary N) is 1. The van der Waals surface area contributed by atoms with Crippen LogP contribution in [0.2, 0.25) is 5.02 Å². The van der Waals surface area contributed by atoms with Gasteiger partial charge in [-0.25, -0.2) is 0 Å². The molecule has 0 amide bonds. The van der Waals surface area contributed by atoms with Gasteiger partial charge in [0.25, 0.3) is 0 Å². The van der Waals surface area contributed by atoms with Gasteiger partial charge in [-0.2, -0.15) is 0 Å². The molecule has 4 heteroatoms. The molecule has 3 unspecified atom stereocenters. The number of halogens is 1.